The van der Waals surface area contributed by atoms with Crippen molar-refractivity contribution in [1.29, 1.82) is 0 Å². The van der Waals surface area contributed by atoms with Gasteiger partial charge in [0.25, 0.3) is 5.91 Å². The molecule has 0 aliphatic heterocycles. The molecule has 1 amide bonds. The van der Waals surface area contributed by atoms with Gasteiger partial charge in [0.05, 0.1) is 6.04 Å². The first-order valence-corrected chi connectivity index (χ1v) is 9.45. The number of hydrogen-bond donors (Lipinski definition) is 1. The Morgan fingerprint density at radius 1 is 0.963 bits per heavy atom. The summed E-state index contributed by atoms with van der Waals surface area (Å²) in [4.78, 5) is 12.8. The lowest BCUT2D eigenvalue weighted by Gasteiger charge is -2.26. The molecule has 0 unspecified atom stereocenters. The molecule has 0 saturated carbocycles. The molecule has 1 aliphatic carbocycles. The zero-order valence-electron chi connectivity index (χ0n) is 15.2. The largest absolute Gasteiger partial charge is 0.489 e. The Hall–Kier alpha value is -3.07. The molecule has 0 radical (unpaired) electrons. The Morgan fingerprint density at radius 2 is 1.78 bits per heavy atom. The molecular weight excluding hydrogens is 334 g/mol. The van der Waals surface area contributed by atoms with Gasteiger partial charge in [0, 0.05) is 5.56 Å². The zero-order chi connectivity index (χ0) is 18.5. The normalized spacial score (nSPS) is 15.6. The van der Waals surface area contributed by atoms with E-state index in [0.29, 0.717) is 17.9 Å². The summed E-state index contributed by atoms with van der Waals surface area (Å²) >= 11 is 0. The van der Waals surface area contributed by atoms with Crippen molar-refractivity contribution < 1.29 is 9.53 Å². The van der Waals surface area contributed by atoms with Gasteiger partial charge in [-0.1, -0.05) is 60.7 Å². The molecule has 136 valence electrons. The molecule has 3 heteroatoms. The van der Waals surface area contributed by atoms with E-state index in [1.807, 2.05) is 60.7 Å². The molecule has 3 aromatic carbocycles. The number of carbonyl (C=O) groups is 1. The van der Waals surface area contributed by atoms with Crippen LogP contribution < -0.4 is 10.1 Å². The first kappa shape index (κ1) is 17.3. The standard InChI is InChI=1S/C24H23NO2/c26-24(25-23-15-7-11-19-10-4-5-14-22(19)23)20-12-6-13-21(16-20)27-17-18-8-2-1-3-9-18/h1-6,8-10,12-14,16,23H,7,11,15,17H2,(H,25,26)/t23-/m1/s1. The van der Waals surface area contributed by atoms with Gasteiger partial charge in [-0.25, -0.2) is 0 Å². The molecule has 0 bridgehead atoms. The van der Waals surface area contributed by atoms with E-state index in [4.69, 9.17) is 4.74 Å². The summed E-state index contributed by atoms with van der Waals surface area (Å²) in [5.41, 5.74) is 4.32. The minimum Gasteiger partial charge on any atom is -0.489 e. The molecule has 3 aromatic rings. The number of benzene rings is 3. The maximum Gasteiger partial charge on any atom is 0.251 e. The number of hydrogen-bond acceptors (Lipinski definition) is 2. The van der Waals surface area contributed by atoms with E-state index in [1.165, 1.54) is 11.1 Å². The number of fused-ring (bicyclic) bond motifs is 1. The Bertz CT molecular complexity index is 920. The molecule has 3 nitrogen and oxygen atoms in total. The SMILES string of the molecule is O=C(N[C@@H]1CCCc2ccccc21)c1cccc(OCc2ccccc2)c1. The molecule has 0 heterocycles. The highest BCUT2D eigenvalue weighted by Crippen LogP contribution is 2.29. The summed E-state index contributed by atoms with van der Waals surface area (Å²) in [6, 6.07) is 25.9. The molecule has 1 N–H and O–H groups in total. The van der Waals surface area contributed by atoms with Crippen LogP contribution in [-0.4, -0.2) is 5.91 Å². The summed E-state index contributed by atoms with van der Waals surface area (Å²) < 4.78 is 5.85. The molecule has 1 atom stereocenters. The summed E-state index contributed by atoms with van der Waals surface area (Å²) in [5.74, 6) is 0.650. The van der Waals surface area contributed by atoms with Gasteiger partial charge in [-0.05, 0) is 54.2 Å². The van der Waals surface area contributed by atoms with Crippen molar-refractivity contribution in [2.24, 2.45) is 0 Å². The quantitative estimate of drug-likeness (QED) is 0.692. The number of carbonyl (C=O) groups excluding carboxylic acids is 1. The maximum atomic E-state index is 12.8. The Balaban J connectivity index is 1.44. The first-order chi connectivity index (χ1) is 13.3. The summed E-state index contributed by atoms with van der Waals surface area (Å²) in [7, 11) is 0. The van der Waals surface area contributed by atoms with E-state index < -0.39 is 0 Å². The lowest BCUT2D eigenvalue weighted by molar-refractivity contribution is 0.0932. The predicted octanol–water partition coefficient (Wildman–Crippen LogP) is 5.07. The molecule has 4 rings (SSSR count). The van der Waals surface area contributed by atoms with Gasteiger partial charge in [-0.2, -0.15) is 0 Å². The van der Waals surface area contributed by atoms with Gasteiger partial charge >= 0.3 is 0 Å². The highest BCUT2D eigenvalue weighted by Gasteiger charge is 2.21. The second-order valence-corrected chi connectivity index (χ2v) is 6.92. The van der Waals surface area contributed by atoms with Crippen LogP contribution in [0.1, 0.15) is 45.9 Å². The van der Waals surface area contributed by atoms with E-state index in [9.17, 15) is 4.79 Å². The zero-order valence-corrected chi connectivity index (χ0v) is 15.2. The topological polar surface area (TPSA) is 38.3 Å². The predicted molar refractivity (Wildman–Crippen MR) is 107 cm³/mol. The second-order valence-electron chi connectivity index (χ2n) is 6.92. The third-order valence-corrected chi connectivity index (χ3v) is 5.02. The summed E-state index contributed by atoms with van der Waals surface area (Å²) in [5, 5.41) is 3.20. The highest BCUT2D eigenvalue weighted by atomic mass is 16.5. The smallest absolute Gasteiger partial charge is 0.251 e. The summed E-state index contributed by atoms with van der Waals surface area (Å²) in [6.07, 6.45) is 3.17. The second kappa shape index (κ2) is 8.09. The molecule has 0 aromatic heterocycles. The highest BCUT2D eigenvalue weighted by molar-refractivity contribution is 5.94. The van der Waals surface area contributed by atoms with Crippen LogP contribution in [0.5, 0.6) is 5.75 Å². The van der Waals surface area contributed by atoms with Crippen molar-refractivity contribution in [3.05, 3.63) is 101 Å². The number of rotatable bonds is 5. The summed E-state index contributed by atoms with van der Waals surface area (Å²) in [6.45, 7) is 0.488. The number of amides is 1. The number of ether oxygens (including phenoxy) is 1. The van der Waals surface area contributed by atoms with Gasteiger partial charge in [0.15, 0.2) is 0 Å². The molecule has 1 aliphatic rings. The Morgan fingerprint density at radius 3 is 2.67 bits per heavy atom. The fourth-order valence-electron chi connectivity index (χ4n) is 3.61. The third kappa shape index (κ3) is 4.20. The average Bonchev–Trinajstić information content (AvgIpc) is 2.73. The van der Waals surface area contributed by atoms with E-state index in [-0.39, 0.29) is 11.9 Å². The van der Waals surface area contributed by atoms with Crippen molar-refractivity contribution >= 4 is 5.91 Å². The van der Waals surface area contributed by atoms with Crippen LogP contribution in [0.15, 0.2) is 78.9 Å². The van der Waals surface area contributed by atoms with E-state index in [1.54, 1.807) is 0 Å². The first-order valence-electron chi connectivity index (χ1n) is 9.45. The van der Waals surface area contributed by atoms with Crippen molar-refractivity contribution in [2.75, 3.05) is 0 Å². The van der Waals surface area contributed by atoms with Gasteiger partial charge in [0.2, 0.25) is 0 Å². The minimum atomic E-state index is -0.0538. The fourth-order valence-corrected chi connectivity index (χ4v) is 3.61. The van der Waals surface area contributed by atoms with Crippen molar-refractivity contribution in [3.8, 4) is 5.75 Å². The van der Waals surface area contributed by atoms with Crippen LogP contribution in [0.2, 0.25) is 0 Å². The maximum absolute atomic E-state index is 12.8. The van der Waals surface area contributed by atoms with Gasteiger partial charge in [-0.15, -0.1) is 0 Å². The number of aryl methyl sites for hydroxylation is 1. The van der Waals surface area contributed by atoms with Gasteiger partial charge in [0.1, 0.15) is 12.4 Å². The Kier molecular flexibility index (Phi) is 5.20. The van der Waals surface area contributed by atoms with Crippen molar-refractivity contribution in [2.45, 2.75) is 31.9 Å². The molecule has 0 spiro atoms. The van der Waals surface area contributed by atoms with Crippen LogP contribution in [0.25, 0.3) is 0 Å². The lowest BCUT2D eigenvalue weighted by Crippen LogP contribution is -2.30. The monoisotopic (exact) mass is 357 g/mol. The average molecular weight is 357 g/mol. The van der Waals surface area contributed by atoms with Crippen LogP contribution in [0.3, 0.4) is 0 Å². The molecule has 0 fully saturated rings. The van der Waals surface area contributed by atoms with Gasteiger partial charge < -0.3 is 10.1 Å². The molecule has 27 heavy (non-hydrogen) atoms. The minimum absolute atomic E-state index is 0.0538. The van der Waals surface area contributed by atoms with Crippen molar-refractivity contribution in [3.63, 3.8) is 0 Å². The lowest BCUT2D eigenvalue weighted by atomic mass is 9.87. The molecule has 0 saturated heterocycles. The van der Waals surface area contributed by atoms with Crippen LogP contribution in [0, 0.1) is 0 Å². The van der Waals surface area contributed by atoms with Crippen LogP contribution >= 0.6 is 0 Å². The van der Waals surface area contributed by atoms with Gasteiger partial charge in [-0.3, -0.25) is 4.79 Å². The molecular formula is C24H23NO2. The number of nitrogens with one attached hydrogen (secondary N) is 1. The van der Waals surface area contributed by atoms with E-state index in [2.05, 4.69) is 23.5 Å². The van der Waals surface area contributed by atoms with Crippen molar-refractivity contribution in [1.82, 2.24) is 5.32 Å². The van der Waals surface area contributed by atoms with Crippen LogP contribution in [-0.2, 0) is 13.0 Å². The van der Waals surface area contributed by atoms with E-state index in [0.717, 1.165) is 24.8 Å². The Labute approximate surface area is 160 Å². The third-order valence-electron chi connectivity index (χ3n) is 5.02. The fraction of sp³-hybridized carbons (Fsp3) is 0.208. The van der Waals surface area contributed by atoms with E-state index >= 15 is 0 Å². The van der Waals surface area contributed by atoms with Crippen LogP contribution in [0.4, 0.5) is 0 Å².